The Hall–Kier alpha value is -5.54. The van der Waals surface area contributed by atoms with E-state index in [9.17, 15) is 51.0 Å². The van der Waals surface area contributed by atoms with E-state index >= 15 is 0 Å². The zero-order valence-corrected chi connectivity index (χ0v) is 30.6. The summed E-state index contributed by atoms with van der Waals surface area (Å²) in [5, 5.41) is 12.2. The van der Waals surface area contributed by atoms with Gasteiger partial charge in [-0.3, -0.25) is 19.3 Å². The molecule has 0 bridgehead atoms. The van der Waals surface area contributed by atoms with Crippen LogP contribution in [-0.4, -0.2) is 94.4 Å². The van der Waals surface area contributed by atoms with Crippen LogP contribution in [0.2, 0.25) is 0 Å². The molecule has 3 atom stereocenters. The SMILES string of the molecule is CCN(C(=O)OCc1ccccc1)[C@@H](Cc1ccc(C)cc1)C(=O)N(C)CC(=O)N[C@@H](CCc1cc(F)c(C(F)(F)F)c(F)c1)C(=O)N1CCC[C@H]1C(=O)O. The number of aliphatic carboxylic acids is 1. The number of likely N-dealkylation sites (N-methyl/N-ethyl adjacent to an activating group) is 2. The molecule has 4 rings (SSSR count). The fourth-order valence-corrected chi connectivity index (χ4v) is 6.44. The Bertz CT molecular complexity index is 1820. The Kier molecular flexibility index (Phi) is 14.3. The van der Waals surface area contributed by atoms with Crippen LogP contribution < -0.4 is 5.32 Å². The largest absolute Gasteiger partial charge is 0.480 e. The third-order valence-corrected chi connectivity index (χ3v) is 9.31. The second-order valence-electron chi connectivity index (χ2n) is 13.3. The monoisotopic (exact) mass is 774 g/mol. The van der Waals surface area contributed by atoms with E-state index in [1.807, 2.05) is 25.1 Å². The van der Waals surface area contributed by atoms with Crippen molar-refractivity contribution in [2.24, 2.45) is 0 Å². The number of rotatable bonds is 15. The number of benzene rings is 3. The molecule has 0 aromatic heterocycles. The van der Waals surface area contributed by atoms with E-state index in [2.05, 4.69) is 5.32 Å². The molecule has 1 saturated heterocycles. The maximum Gasteiger partial charge on any atom is 0.422 e. The molecule has 0 saturated carbocycles. The van der Waals surface area contributed by atoms with Crippen LogP contribution in [0.15, 0.2) is 66.7 Å². The number of halogens is 5. The first-order chi connectivity index (χ1) is 26.0. The number of alkyl halides is 3. The number of carboxylic acid groups (broad SMARTS) is 1. The van der Waals surface area contributed by atoms with Crippen molar-refractivity contribution >= 4 is 29.8 Å². The van der Waals surface area contributed by atoms with Crippen molar-refractivity contribution in [1.29, 1.82) is 0 Å². The van der Waals surface area contributed by atoms with Crippen LogP contribution in [-0.2, 0) is 49.5 Å². The zero-order chi connectivity index (χ0) is 40.4. The molecule has 1 fully saturated rings. The second kappa shape index (κ2) is 18.7. The summed E-state index contributed by atoms with van der Waals surface area (Å²) >= 11 is 0. The van der Waals surface area contributed by atoms with Gasteiger partial charge in [0.2, 0.25) is 17.7 Å². The number of hydrogen-bond acceptors (Lipinski definition) is 6. The molecule has 1 aliphatic rings. The van der Waals surface area contributed by atoms with Gasteiger partial charge < -0.3 is 25.0 Å². The second-order valence-corrected chi connectivity index (χ2v) is 13.3. The number of nitrogens with zero attached hydrogens (tertiary/aromatic N) is 3. The topological polar surface area (TPSA) is 137 Å². The van der Waals surface area contributed by atoms with Crippen LogP contribution >= 0.6 is 0 Å². The van der Waals surface area contributed by atoms with Gasteiger partial charge >= 0.3 is 18.2 Å². The van der Waals surface area contributed by atoms with Crippen LogP contribution in [0.5, 0.6) is 0 Å². The molecule has 55 heavy (non-hydrogen) atoms. The van der Waals surface area contributed by atoms with Crippen molar-refractivity contribution in [3.63, 3.8) is 0 Å². The number of aryl methyl sites for hydroxylation is 2. The molecule has 3 aromatic rings. The summed E-state index contributed by atoms with van der Waals surface area (Å²) in [5.74, 6) is -7.33. The lowest BCUT2D eigenvalue weighted by atomic mass is 10.0. The number of carbonyl (C=O) groups excluding carboxylic acids is 4. The lowest BCUT2D eigenvalue weighted by Crippen LogP contribution is -2.55. The molecule has 2 N–H and O–H groups in total. The normalized spacial score (nSPS) is 15.2. The van der Waals surface area contributed by atoms with Crippen LogP contribution in [0.25, 0.3) is 0 Å². The van der Waals surface area contributed by atoms with Gasteiger partial charge in [-0.05, 0) is 68.4 Å². The Morgan fingerprint density at radius 2 is 1.60 bits per heavy atom. The molecule has 0 spiro atoms. The summed E-state index contributed by atoms with van der Waals surface area (Å²) in [6.07, 6.45) is -6.26. The van der Waals surface area contributed by atoms with Crippen molar-refractivity contribution in [3.8, 4) is 0 Å². The molecule has 296 valence electrons. The van der Waals surface area contributed by atoms with Crippen LogP contribution in [0.4, 0.5) is 26.7 Å². The average molecular weight is 775 g/mol. The fraction of sp³-hybridized carbons (Fsp3) is 0.410. The third-order valence-electron chi connectivity index (χ3n) is 9.31. The maximum absolute atomic E-state index is 14.3. The van der Waals surface area contributed by atoms with Gasteiger partial charge in [-0.25, -0.2) is 18.4 Å². The Labute approximate surface area is 315 Å². The first-order valence-electron chi connectivity index (χ1n) is 17.7. The predicted octanol–water partition coefficient (Wildman–Crippen LogP) is 5.51. The number of hydrogen-bond donors (Lipinski definition) is 2. The minimum Gasteiger partial charge on any atom is -0.480 e. The maximum atomic E-state index is 14.3. The van der Waals surface area contributed by atoms with Crippen molar-refractivity contribution < 1.29 is 55.8 Å². The Balaban J connectivity index is 1.54. The molecule has 3 aromatic carbocycles. The van der Waals surface area contributed by atoms with Gasteiger partial charge in [-0.1, -0.05) is 60.2 Å². The van der Waals surface area contributed by atoms with E-state index in [1.54, 1.807) is 43.3 Å². The Morgan fingerprint density at radius 3 is 2.18 bits per heavy atom. The number of amides is 4. The van der Waals surface area contributed by atoms with Crippen LogP contribution in [0, 0.1) is 18.6 Å². The van der Waals surface area contributed by atoms with Gasteiger partial charge in [-0.15, -0.1) is 0 Å². The number of ether oxygens (including phenoxy) is 1. The van der Waals surface area contributed by atoms with Crippen molar-refractivity contribution in [2.45, 2.75) is 76.9 Å². The van der Waals surface area contributed by atoms with E-state index in [-0.39, 0.29) is 50.9 Å². The van der Waals surface area contributed by atoms with Crippen molar-refractivity contribution in [2.75, 3.05) is 26.7 Å². The highest BCUT2D eigenvalue weighted by molar-refractivity contribution is 5.93. The smallest absolute Gasteiger partial charge is 0.422 e. The highest BCUT2D eigenvalue weighted by atomic mass is 19.4. The van der Waals surface area contributed by atoms with E-state index < -0.39 is 77.8 Å². The number of likely N-dealkylation sites (tertiary alicyclic amines) is 1. The summed E-state index contributed by atoms with van der Waals surface area (Å²) in [5.41, 5.74) is 0.102. The summed E-state index contributed by atoms with van der Waals surface area (Å²) < 4.78 is 73.6. The molecule has 4 amide bonds. The molecular formula is C39H43F5N4O7. The van der Waals surface area contributed by atoms with Gasteiger partial charge in [0.25, 0.3) is 0 Å². The molecule has 16 heteroatoms. The van der Waals surface area contributed by atoms with Crippen molar-refractivity contribution in [3.05, 3.63) is 106 Å². The molecule has 0 unspecified atom stereocenters. The van der Waals surface area contributed by atoms with E-state index in [0.29, 0.717) is 18.6 Å². The minimum absolute atomic E-state index is 0.0397. The Morgan fingerprint density at radius 1 is 0.964 bits per heavy atom. The van der Waals surface area contributed by atoms with E-state index in [0.717, 1.165) is 26.5 Å². The van der Waals surface area contributed by atoms with Crippen molar-refractivity contribution in [1.82, 2.24) is 20.0 Å². The fourth-order valence-electron chi connectivity index (χ4n) is 6.44. The van der Waals surface area contributed by atoms with Crippen LogP contribution in [0.1, 0.15) is 54.0 Å². The van der Waals surface area contributed by atoms with E-state index in [4.69, 9.17) is 4.74 Å². The molecule has 0 radical (unpaired) electrons. The molecule has 11 nitrogen and oxygen atoms in total. The molecule has 1 aliphatic heterocycles. The number of carbonyl (C=O) groups is 5. The highest BCUT2D eigenvalue weighted by Gasteiger charge is 2.40. The highest BCUT2D eigenvalue weighted by Crippen LogP contribution is 2.34. The predicted molar refractivity (Wildman–Crippen MR) is 189 cm³/mol. The summed E-state index contributed by atoms with van der Waals surface area (Å²) in [6, 6.07) is 13.4. The summed E-state index contributed by atoms with van der Waals surface area (Å²) in [6.45, 7) is 2.98. The number of carboxylic acids is 1. The lowest BCUT2D eigenvalue weighted by molar-refractivity contribution is -0.149. The summed E-state index contributed by atoms with van der Waals surface area (Å²) in [4.78, 5) is 69.8. The summed E-state index contributed by atoms with van der Waals surface area (Å²) in [7, 11) is 1.32. The standard InChI is InChI=1S/C39H43F5N4O7/c1-4-47(38(54)55-23-26-9-6-5-7-10-26)32(21-25-14-12-24(2)13-15-25)36(51)46(3)22-33(49)45-30(35(50)48-18-8-11-31(48)37(52)53)17-16-27-19-28(40)34(29(41)20-27)39(42,43)44/h5-7,9-10,12-15,19-20,30-32H,4,8,11,16-18,21-23H2,1-3H3,(H,45,49)(H,52,53)/t30-,31-,32-/m0/s1. The lowest BCUT2D eigenvalue weighted by Gasteiger charge is -2.32. The van der Waals surface area contributed by atoms with Gasteiger partial charge in [0.1, 0.15) is 41.9 Å². The molecular weight excluding hydrogens is 731 g/mol. The van der Waals surface area contributed by atoms with E-state index in [1.165, 1.54) is 11.9 Å². The first kappa shape index (κ1) is 42.2. The van der Waals surface area contributed by atoms with Gasteiger partial charge in [0, 0.05) is 26.6 Å². The van der Waals surface area contributed by atoms with Crippen LogP contribution in [0.3, 0.4) is 0 Å². The van der Waals surface area contributed by atoms with Gasteiger partial charge in [0.15, 0.2) is 0 Å². The first-order valence-corrected chi connectivity index (χ1v) is 17.7. The minimum atomic E-state index is -5.29. The average Bonchev–Trinajstić information content (AvgIpc) is 3.63. The molecule has 1 heterocycles. The quantitative estimate of drug-likeness (QED) is 0.195. The van der Waals surface area contributed by atoms with Gasteiger partial charge in [-0.2, -0.15) is 13.2 Å². The molecule has 0 aliphatic carbocycles. The van der Waals surface area contributed by atoms with Gasteiger partial charge in [0.05, 0.1) is 6.54 Å². The zero-order valence-electron chi connectivity index (χ0n) is 30.6. The third kappa shape index (κ3) is 11.2. The number of nitrogens with one attached hydrogen (secondary N) is 1.